The van der Waals surface area contributed by atoms with Gasteiger partial charge in [-0.3, -0.25) is 24.1 Å². The highest BCUT2D eigenvalue weighted by Crippen LogP contribution is 2.22. The van der Waals surface area contributed by atoms with E-state index in [0.29, 0.717) is 42.9 Å². The smallest absolute Gasteiger partial charge is 0.261 e. The first-order valence-corrected chi connectivity index (χ1v) is 10.1. The van der Waals surface area contributed by atoms with Gasteiger partial charge < -0.3 is 9.80 Å². The summed E-state index contributed by atoms with van der Waals surface area (Å²) in [5.41, 5.74) is 2.39. The van der Waals surface area contributed by atoms with Crippen molar-refractivity contribution in [2.75, 3.05) is 32.7 Å². The summed E-state index contributed by atoms with van der Waals surface area (Å²) < 4.78 is 0. The number of piperazine rings is 1. The maximum atomic E-state index is 12.7. The molecule has 0 spiro atoms. The summed E-state index contributed by atoms with van der Waals surface area (Å²) in [6.07, 6.45) is 0.0806. The molecule has 0 aromatic heterocycles. The molecule has 0 unspecified atom stereocenters. The van der Waals surface area contributed by atoms with Crippen molar-refractivity contribution in [3.8, 4) is 0 Å². The summed E-state index contributed by atoms with van der Waals surface area (Å²) in [6, 6.07) is 14.2. The first-order valence-electron chi connectivity index (χ1n) is 10.1. The Labute approximate surface area is 174 Å². The SMILES string of the molecule is Cc1ccccc1C(=O)N1CCN(C(=O)CCN2C(=O)c3ccccc3C2=O)CC1. The third kappa shape index (κ3) is 3.58. The Morgan fingerprint density at radius 2 is 1.33 bits per heavy atom. The van der Waals surface area contributed by atoms with E-state index in [4.69, 9.17) is 0 Å². The van der Waals surface area contributed by atoms with Crippen LogP contribution in [0.3, 0.4) is 0 Å². The summed E-state index contributed by atoms with van der Waals surface area (Å²) in [6.45, 7) is 3.79. The molecule has 2 aromatic carbocycles. The lowest BCUT2D eigenvalue weighted by Gasteiger charge is -2.35. The number of carbonyl (C=O) groups excluding carboxylic acids is 4. The molecule has 0 aliphatic carbocycles. The quantitative estimate of drug-likeness (QED) is 0.729. The second-order valence-electron chi connectivity index (χ2n) is 7.55. The molecule has 2 heterocycles. The van der Waals surface area contributed by atoms with Gasteiger partial charge in [0.2, 0.25) is 5.91 Å². The van der Waals surface area contributed by atoms with Crippen molar-refractivity contribution < 1.29 is 19.2 Å². The molecule has 1 fully saturated rings. The number of hydrogen-bond acceptors (Lipinski definition) is 4. The Balaban J connectivity index is 1.30. The Bertz CT molecular complexity index is 990. The highest BCUT2D eigenvalue weighted by molar-refractivity contribution is 6.21. The van der Waals surface area contributed by atoms with Crippen LogP contribution < -0.4 is 0 Å². The van der Waals surface area contributed by atoms with E-state index >= 15 is 0 Å². The maximum Gasteiger partial charge on any atom is 0.261 e. The monoisotopic (exact) mass is 405 g/mol. The second kappa shape index (κ2) is 8.10. The molecule has 154 valence electrons. The minimum absolute atomic E-state index is 0.0220. The molecule has 0 atom stereocenters. The van der Waals surface area contributed by atoms with Gasteiger partial charge in [0.25, 0.3) is 17.7 Å². The minimum atomic E-state index is -0.350. The van der Waals surface area contributed by atoms with Gasteiger partial charge in [0.1, 0.15) is 0 Å². The zero-order chi connectivity index (χ0) is 21.3. The molecule has 0 saturated carbocycles. The van der Waals surface area contributed by atoms with Crippen LogP contribution in [-0.4, -0.2) is 71.1 Å². The van der Waals surface area contributed by atoms with Crippen molar-refractivity contribution in [2.24, 2.45) is 0 Å². The van der Waals surface area contributed by atoms with Gasteiger partial charge in [-0.05, 0) is 30.7 Å². The van der Waals surface area contributed by atoms with E-state index in [1.807, 2.05) is 31.2 Å². The number of nitrogens with zero attached hydrogens (tertiary/aromatic N) is 3. The molecule has 2 aliphatic rings. The van der Waals surface area contributed by atoms with E-state index in [2.05, 4.69) is 0 Å². The Morgan fingerprint density at radius 1 is 0.800 bits per heavy atom. The highest BCUT2D eigenvalue weighted by Gasteiger charge is 2.35. The Hall–Kier alpha value is -3.48. The average Bonchev–Trinajstić information content (AvgIpc) is 3.02. The molecule has 4 rings (SSSR count). The molecule has 0 radical (unpaired) electrons. The van der Waals surface area contributed by atoms with Crippen LogP contribution >= 0.6 is 0 Å². The molecular formula is C23H23N3O4. The van der Waals surface area contributed by atoms with Gasteiger partial charge >= 0.3 is 0 Å². The van der Waals surface area contributed by atoms with Crippen LogP contribution in [-0.2, 0) is 4.79 Å². The van der Waals surface area contributed by atoms with Crippen LogP contribution in [0, 0.1) is 6.92 Å². The van der Waals surface area contributed by atoms with Crippen LogP contribution in [0.4, 0.5) is 0 Å². The molecule has 0 bridgehead atoms. The normalized spacial score (nSPS) is 16.1. The fourth-order valence-corrected chi connectivity index (χ4v) is 3.95. The molecule has 2 aliphatic heterocycles. The number of carbonyl (C=O) groups is 4. The van der Waals surface area contributed by atoms with Crippen molar-refractivity contribution in [1.82, 2.24) is 14.7 Å². The van der Waals surface area contributed by atoms with Crippen molar-refractivity contribution in [3.05, 3.63) is 70.8 Å². The van der Waals surface area contributed by atoms with Gasteiger partial charge in [-0.1, -0.05) is 30.3 Å². The van der Waals surface area contributed by atoms with Gasteiger partial charge in [-0.25, -0.2) is 0 Å². The van der Waals surface area contributed by atoms with Gasteiger partial charge in [0, 0.05) is 44.7 Å². The number of rotatable bonds is 4. The van der Waals surface area contributed by atoms with E-state index in [-0.39, 0.29) is 36.6 Å². The number of imide groups is 1. The van der Waals surface area contributed by atoms with Crippen molar-refractivity contribution in [1.29, 1.82) is 0 Å². The third-order valence-corrected chi connectivity index (χ3v) is 5.72. The van der Waals surface area contributed by atoms with E-state index in [0.717, 1.165) is 10.5 Å². The first kappa shape index (κ1) is 19.8. The molecule has 1 saturated heterocycles. The van der Waals surface area contributed by atoms with Gasteiger partial charge in [0.05, 0.1) is 11.1 Å². The van der Waals surface area contributed by atoms with Gasteiger partial charge in [-0.15, -0.1) is 0 Å². The third-order valence-electron chi connectivity index (χ3n) is 5.72. The van der Waals surface area contributed by atoms with Crippen LogP contribution in [0.1, 0.15) is 43.1 Å². The molecule has 2 aromatic rings. The number of hydrogen-bond donors (Lipinski definition) is 0. The van der Waals surface area contributed by atoms with Crippen molar-refractivity contribution in [3.63, 3.8) is 0 Å². The number of fused-ring (bicyclic) bond motifs is 1. The topological polar surface area (TPSA) is 78.0 Å². The summed E-state index contributed by atoms with van der Waals surface area (Å²) >= 11 is 0. The number of aryl methyl sites for hydroxylation is 1. The first-order chi connectivity index (χ1) is 14.5. The van der Waals surface area contributed by atoms with Crippen LogP contribution in [0.2, 0.25) is 0 Å². The minimum Gasteiger partial charge on any atom is -0.339 e. The van der Waals surface area contributed by atoms with Crippen molar-refractivity contribution in [2.45, 2.75) is 13.3 Å². The zero-order valence-electron chi connectivity index (χ0n) is 16.8. The van der Waals surface area contributed by atoms with E-state index in [9.17, 15) is 19.2 Å². The summed E-state index contributed by atoms with van der Waals surface area (Å²) in [5.74, 6) is -0.838. The second-order valence-corrected chi connectivity index (χ2v) is 7.55. The Kier molecular flexibility index (Phi) is 5.35. The van der Waals surface area contributed by atoms with Crippen molar-refractivity contribution >= 4 is 23.6 Å². The van der Waals surface area contributed by atoms with Gasteiger partial charge in [-0.2, -0.15) is 0 Å². The predicted molar refractivity (Wildman–Crippen MR) is 110 cm³/mol. The number of benzene rings is 2. The maximum absolute atomic E-state index is 12.7. The summed E-state index contributed by atoms with van der Waals surface area (Å²) in [5, 5.41) is 0. The summed E-state index contributed by atoms with van der Waals surface area (Å²) in [4.78, 5) is 54.8. The zero-order valence-corrected chi connectivity index (χ0v) is 16.8. The summed E-state index contributed by atoms with van der Waals surface area (Å²) in [7, 11) is 0. The van der Waals surface area contributed by atoms with Crippen LogP contribution in [0.25, 0.3) is 0 Å². The average molecular weight is 405 g/mol. The molecule has 7 heteroatoms. The molecule has 4 amide bonds. The molecule has 0 N–H and O–H groups in total. The molecule has 7 nitrogen and oxygen atoms in total. The molecular weight excluding hydrogens is 382 g/mol. The van der Waals surface area contributed by atoms with E-state index in [1.165, 1.54) is 0 Å². The standard InChI is InChI=1S/C23H23N3O4/c1-16-6-2-3-7-17(16)21(28)25-14-12-24(13-15-25)20(27)10-11-26-22(29)18-8-4-5-9-19(18)23(26)30/h2-9H,10-15H2,1H3. The lowest BCUT2D eigenvalue weighted by atomic mass is 10.1. The largest absolute Gasteiger partial charge is 0.339 e. The molecule has 30 heavy (non-hydrogen) atoms. The van der Waals surface area contributed by atoms with Crippen LogP contribution in [0.15, 0.2) is 48.5 Å². The number of amides is 4. The Morgan fingerprint density at radius 3 is 1.93 bits per heavy atom. The van der Waals surface area contributed by atoms with Gasteiger partial charge in [0.15, 0.2) is 0 Å². The van der Waals surface area contributed by atoms with Crippen LogP contribution in [0.5, 0.6) is 0 Å². The fraction of sp³-hybridized carbons (Fsp3) is 0.304. The highest BCUT2D eigenvalue weighted by atomic mass is 16.2. The van der Waals surface area contributed by atoms with E-state index < -0.39 is 0 Å². The lowest BCUT2D eigenvalue weighted by Crippen LogP contribution is -2.51. The fourth-order valence-electron chi connectivity index (χ4n) is 3.95. The predicted octanol–water partition coefficient (Wildman–Crippen LogP) is 1.97. The van der Waals surface area contributed by atoms with E-state index in [1.54, 1.807) is 34.1 Å². The lowest BCUT2D eigenvalue weighted by molar-refractivity contribution is -0.132.